The second-order valence-electron chi connectivity index (χ2n) is 6.13. The molecule has 2 N–H and O–H groups in total. The van der Waals surface area contributed by atoms with Gasteiger partial charge in [-0.05, 0) is 61.0 Å². The van der Waals surface area contributed by atoms with Gasteiger partial charge in [-0.1, -0.05) is 13.0 Å². The van der Waals surface area contributed by atoms with E-state index in [1.807, 2.05) is 6.07 Å². The van der Waals surface area contributed by atoms with E-state index >= 15 is 0 Å². The molecule has 0 bridgehead atoms. The van der Waals surface area contributed by atoms with E-state index in [2.05, 4.69) is 11.8 Å². The maximum atomic E-state index is 13.4. The van der Waals surface area contributed by atoms with Gasteiger partial charge in [-0.2, -0.15) is 0 Å². The van der Waals surface area contributed by atoms with E-state index in [0.29, 0.717) is 6.04 Å². The van der Waals surface area contributed by atoms with Gasteiger partial charge in [0.1, 0.15) is 5.82 Å². The predicted molar refractivity (Wildman–Crippen MR) is 70.8 cm³/mol. The molecule has 2 unspecified atom stereocenters. The summed E-state index contributed by atoms with van der Waals surface area (Å²) < 4.78 is 13.4. The molecular weight excluding hydrogens is 227 g/mol. The Balaban J connectivity index is 1.83. The number of benzene rings is 1. The van der Waals surface area contributed by atoms with Gasteiger partial charge in [0.05, 0.1) is 0 Å². The molecule has 0 saturated carbocycles. The summed E-state index contributed by atoms with van der Waals surface area (Å²) in [5, 5.41) is 0. The molecule has 0 spiro atoms. The van der Waals surface area contributed by atoms with Crippen LogP contribution in [0.25, 0.3) is 0 Å². The second-order valence-corrected chi connectivity index (χ2v) is 6.13. The third-order valence-corrected chi connectivity index (χ3v) is 4.67. The molecule has 0 amide bonds. The van der Waals surface area contributed by atoms with Crippen molar-refractivity contribution in [2.45, 2.75) is 32.2 Å². The molecular formula is C15H21FN2. The van der Waals surface area contributed by atoms with E-state index in [4.69, 9.17) is 5.73 Å². The molecule has 2 atom stereocenters. The third kappa shape index (κ3) is 1.95. The quantitative estimate of drug-likeness (QED) is 0.871. The van der Waals surface area contributed by atoms with Crippen molar-refractivity contribution >= 4 is 0 Å². The zero-order valence-electron chi connectivity index (χ0n) is 11.0. The van der Waals surface area contributed by atoms with Crippen LogP contribution >= 0.6 is 0 Å². The summed E-state index contributed by atoms with van der Waals surface area (Å²) in [5.74, 6) is -0.110. The number of nitrogens with two attached hydrogens (primary N) is 1. The van der Waals surface area contributed by atoms with Crippen LogP contribution in [0.4, 0.5) is 4.39 Å². The minimum Gasteiger partial charge on any atom is -0.330 e. The lowest BCUT2D eigenvalue weighted by Crippen LogP contribution is -2.32. The van der Waals surface area contributed by atoms with Crippen LogP contribution in [-0.4, -0.2) is 24.5 Å². The van der Waals surface area contributed by atoms with Crippen molar-refractivity contribution < 1.29 is 4.39 Å². The van der Waals surface area contributed by atoms with E-state index in [9.17, 15) is 4.39 Å². The van der Waals surface area contributed by atoms with Crippen LogP contribution in [0, 0.1) is 11.2 Å². The Bertz CT molecular complexity index is 460. The first-order valence-corrected chi connectivity index (χ1v) is 6.84. The van der Waals surface area contributed by atoms with Crippen LogP contribution in [0.15, 0.2) is 18.2 Å². The fraction of sp³-hybridized carbons (Fsp3) is 0.600. The lowest BCUT2D eigenvalue weighted by atomic mass is 9.90. The summed E-state index contributed by atoms with van der Waals surface area (Å²) in [4.78, 5) is 2.50. The number of nitrogens with zero attached hydrogens (tertiary/aromatic N) is 1. The number of hydrogen-bond acceptors (Lipinski definition) is 2. The van der Waals surface area contributed by atoms with Gasteiger partial charge in [-0.15, -0.1) is 0 Å². The van der Waals surface area contributed by atoms with Crippen molar-refractivity contribution in [2.24, 2.45) is 11.1 Å². The zero-order chi connectivity index (χ0) is 12.8. The number of aryl methyl sites for hydroxylation is 1. The predicted octanol–water partition coefficient (Wildman–Crippen LogP) is 2.48. The second kappa shape index (κ2) is 4.32. The van der Waals surface area contributed by atoms with Crippen LogP contribution in [0.1, 0.15) is 36.9 Å². The molecule has 1 aliphatic carbocycles. The highest BCUT2D eigenvalue weighted by atomic mass is 19.1. The summed E-state index contributed by atoms with van der Waals surface area (Å²) in [6.45, 7) is 5.14. The SMILES string of the molecule is CC1(CN)CCN(C2CCc3ccc(F)cc32)C1. The normalized spacial score (nSPS) is 31.8. The number of likely N-dealkylation sites (tertiary alicyclic amines) is 1. The van der Waals surface area contributed by atoms with Crippen LogP contribution in [-0.2, 0) is 6.42 Å². The Morgan fingerprint density at radius 3 is 3.06 bits per heavy atom. The number of halogens is 1. The number of hydrogen-bond donors (Lipinski definition) is 1. The maximum absolute atomic E-state index is 13.4. The number of fused-ring (bicyclic) bond motifs is 1. The van der Waals surface area contributed by atoms with Gasteiger partial charge < -0.3 is 5.73 Å². The molecule has 1 aromatic carbocycles. The minimum atomic E-state index is -0.110. The molecule has 2 aliphatic rings. The highest BCUT2D eigenvalue weighted by Gasteiger charge is 2.38. The average Bonchev–Trinajstić information content (AvgIpc) is 2.93. The van der Waals surface area contributed by atoms with E-state index in [1.165, 1.54) is 11.1 Å². The van der Waals surface area contributed by atoms with Crippen molar-refractivity contribution in [3.63, 3.8) is 0 Å². The molecule has 1 saturated heterocycles. The van der Waals surface area contributed by atoms with E-state index in [0.717, 1.165) is 38.9 Å². The van der Waals surface area contributed by atoms with E-state index in [1.54, 1.807) is 12.1 Å². The van der Waals surface area contributed by atoms with Crippen molar-refractivity contribution in [1.29, 1.82) is 0 Å². The third-order valence-electron chi connectivity index (χ3n) is 4.67. The topological polar surface area (TPSA) is 29.3 Å². The molecule has 1 fully saturated rings. The summed E-state index contributed by atoms with van der Waals surface area (Å²) in [7, 11) is 0. The Morgan fingerprint density at radius 2 is 2.33 bits per heavy atom. The Kier molecular flexibility index (Phi) is 2.91. The van der Waals surface area contributed by atoms with Gasteiger partial charge in [0.25, 0.3) is 0 Å². The van der Waals surface area contributed by atoms with E-state index < -0.39 is 0 Å². The molecule has 1 heterocycles. The van der Waals surface area contributed by atoms with Crippen molar-refractivity contribution in [3.05, 3.63) is 35.1 Å². The first kappa shape index (κ1) is 12.1. The van der Waals surface area contributed by atoms with Gasteiger partial charge in [-0.25, -0.2) is 4.39 Å². The molecule has 0 radical (unpaired) electrons. The number of rotatable bonds is 2. The maximum Gasteiger partial charge on any atom is 0.123 e. The lowest BCUT2D eigenvalue weighted by Gasteiger charge is -2.27. The highest BCUT2D eigenvalue weighted by molar-refractivity contribution is 5.35. The Labute approximate surface area is 108 Å². The highest BCUT2D eigenvalue weighted by Crippen LogP contribution is 2.41. The van der Waals surface area contributed by atoms with Gasteiger partial charge >= 0.3 is 0 Å². The summed E-state index contributed by atoms with van der Waals surface area (Å²) in [6.07, 6.45) is 3.36. The summed E-state index contributed by atoms with van der Waals surface area (Å²) in [6, 6.07) is 5.66. The van der Waals surface area contributed by atoms with Gasteiger partial charge in [0, 0.05) is 12.6 Å². The largest absolute Gasteiger partial charge is 0.330 e. The fourth-order valence-electron chi connectivity index (χ4n) is 3.43. The molecule has 3 rings (SSSR count). The first-order valence-electron chi connectivity index (χ1n) is 6.84. The lowest BCUT2D eigenvalue weighted by molar-refractivity contribution is 0.213. The Hall–Kier alpha value is -0.930. The fourth-order valence-corrected chi connectivity index (χ4v) is 3.43. The molecule has 1 aromatic rings. The van der Waals surface area contributed by atoms with Crippen molar-refractivity contribution in [2.75, 3.05) is 19.6 Å². The molecule has 1 aliphatic heterocycles. The minimum absolute atomic E-state index is 0.110. The van der Waals surface area contributed by atoms with Crippen LogP contribution in [0.2, 0.25) is 0 Å². The van der Waals surface area contributed by atoms with Crippen molar-refractivity contribution in [3.8, 4) is 0 Å². The molecule has 0 aromatic heterocycles. The standard InChI is InChI=1S/C15H21FN2/c1-15(9-17)6-7-18(10-15)14-5-3-11-2-4-12(16)8-13(11)14/h2,4,8,14H,3,5-7,9-10,17H2,1H3. The van der Waals surface area contributed by atoms with Gasteiger partial charge in [0.15, 0.2) is 0 Å². The molecule has 98 valence electrons. The molecule has 3 heteroatoms. The van der Waals surface area contributed by atoms with E-state index in [-0.39, 0.29) is 11.2 Å². The monoisotopic (exact) mass is 248 g/mol. The van der Waals surface area contributed by atoms with Gasteiger partial charge in [0.2, 0.25) is 0 Å². The molecule has 2 nitrogen and oxygen atoms in total. The average molecular weight is 248 g/mol. The molecule has 18 heavy (non-hydrogen) atoms. The van der Waals surface area contributed by atoms with Crippen LogP contribution < -0.4 is 5.73 Å². The zero-order valence-corrected chi connectivity index (χ0v) is 11.0. The summed E-state index contributed by atoms with van der Waals surface area (Å²) >= 11 is 0. The van der Waals surface area contributed by atoms with Crippen LogP contribution in [0.5, 0.6) is 0 Å². The van der Waals surface area contributed by atoms with Crippen molar-refractivity contribution in [1.82, 2.24) is 4.90 Å². The van der Waals surface area contributed by atoms with Gasteiger partial charge in [-0.3, -0.25) is 4.90 Å². The smallest absolute Gasteiger partial charge is 0.123 e. The summed E-state index contributed by atoms with van der Waals surface area (Å²) in [5.41, 5.74) is 8.63. The van der Waals surface area contributed by atoms with Crippen LogP contribution in [0.3, 0.4) is 0 Å². The first-order chi connectivity index (χ1) is 8.61. The Morgan fingerprint density at radius 1 is 1.50 bits per heavy atom.